The van der Waals surface area contributed by atoms with Crippen LogP contribution in [-0.4, -0.2) is 16.3 Å². The van der Waals surface area contributed by atoms with Crippen LogP contribution in [0.1, 0.15) is 27.2 Å². The van der Waals surface area contributed by atoms with E-state index in [1.165, 1.54) is 0 Å². The van der Waals surface area contributed by atoms with Gasteiger partial charge >= 0.3 is 0 Å². The van der Waals surface area contributed by atoms with Gasteiger partial charge in [0.2, 0.25) is 0 Å². The molecule has 0 saturated carbocycles. The Morgan fingerprint density at radius 2 is 2.00 bits per heavy atom. The van der Waals surface area contributed by atoms with Crippen molar-refractivity contribution in [2.75, 3.05) is 0 Å². The summed E-state index contributed by atoms with van der Waals surface area (Å²) in [5.41, 5.74) is 0.664. The van der Waals surface area contributed by atoms with E-state index in [0.717, 1.165) is 0 Å². The monoisotopic (exact) mass is 130 g/mol. The van der Waals surface area contributed by atoms with Gasteiger partial charge in [-0.3, -0.25) is 0 Å². The van der Waals surface area contributed by atoms with E-state index in [0.29, 0.717) is 17.8 Å². The van der Waals surface area contributed by atoms with Crippen LogP contribution < -0.4 is 0 Å². The molecule has 0 fully saturated rings. The van der Waals surface area contributed by atoms with Crippen LogP contribution in [-0.2, 0) is 0 Å². The Bertz CT molecular complexity index is 114. The molecule has 0 aliphatic heterocycles. The van der Waals surface area contributed by atoms with E-state index in [4.69, 9.17) is 10.2 Å². The highest BCUT2D eigenvalue weighted by molar-refractivity contribution is 5.07. The van der Waals surface area contributed by atoms with Crippen LogP contribution in [0.25, 0.3) is 0 Å². The first kappa shape index (κ1) is 8.50. The van der Waals surface area contributed by atoms with E-state index in [1.807, 2.05) is 6.92 Å². The minimum Gasteiger partial charge on any atom is -0.512 e. The third-order valence-corrected chi connectivity index (χ3v) is 1.42. The molecule has 0 bridgehead atoms. The average molecular weight is 130 g/mol. The second kappa shape index (κ2) is 3.51. The predicted octanol–water partition coefficient (Wildman–Crippen LogP) is 1.61. The van der Waals surface area contributed by atoms with Gasteiger partial charge in [0.25, 0.3) is 0 Å². The van der Waals surface area contributed by atoms with Gasteiger partial charge in [-0.2, -0.15) is 0 Å². The van der Waals surface area contributed by atoms with Gasteiger partial charge in [0, 0.05) is 6.42 Å². The third kappa shape index (κ3) is 2.51. The summed E-state index contributed by atoms with van der Waals surface area (Å²) >= 11 is 0. The molecule has 0 amide bonds. The number of allylic oxidation sites excluding steroid dienone is 1. The molecule has 0 aliphatic rings. The molecule has 2 heteroatoms. The van der Waals surface area contributed by atoms with Crippen molar-refractivity contribution in [3.63, 3.8) is 0 Å². The predicted molar refractivity (Wildman–Crippen MR) is 37.3 cm³/mol. The van der Waals surface area contributed by atoms with Crippen LogP contribution in [0.2, 0.25) is 0 Å². The second-order valence-electron chi connectivity index (χ2n) is 2.16. The first-order valence-electron chi connectivity index (χ1n) is 3.16. The molecule has 9 heavy (non-hydrogen) atoms. The van der Waals surface area contributed by atoms with Crippen molar-refractivity contribution in [2.45, 2.75) is 33.3 Å². The van der Waals surface area contributed by atoms with E-state index in [1.54, 1.807) is 13.8 Å². The first-order valence-corrected chi connectivity index (χ1v) is 3.16. The summed E-state index contributed by atoms with van der Waals surface area (Å²) in [6.45, 7) is 5.21. The molecule has 0 unspecified atom stereocenters. The number of rotatable bonds is 2. The minimum absolute atomic E-state index is 0.296. The van der Waals surface area contributed by atoms with Crippen molar-refractivity contribution in [1.29, 1.82) is 0 Å². The van der Waals surface area contributed by atoms with E-state index in [-0.39, 0.29) is 0 Å². The lowest BCUT2D eigenvalue weighted by atomic mass is 10.1. The fourth-order valence-electron chi connectivity index (χ4n) is 0.520. The number of aliphatic hydroxyl groups is 2. The zero-order valence-corrected chi connectivity index (χ0v) is 6.18. The summed E-state index contributed by atoms with van der Waals surface area (Å²) in [4.78, 5) is 0. The zero-order chi connectivity index (χ0) is 7.44. The zero-order valence-electron chi connectivity index (χ0n) is 6.18. The van der Waals surface area contributed by atoms with Crippen molar-refractivity contribution in [3.8, 4) is 0 Å². The van der Waals surface area contributed by atoms with Gasteiger partial charge < -0.3 is 10.2 Å². The molecule has 0 aromatic rings. The molecule has 2 nitrogen and oxygen atoms in total. The van der Waals surface area contributed by atoms with Crippen LogP contribution in [0.3, 0.4) is 0 Å². The molecule has 0 aromatic heterocycles. The molecule has 54 valence electrons. The summed E-state index contributed by atoms with van der Waals surface area (Å²) in [5, 5.41) is 17.9. The molecule has 0 saturated heterocycles. The molecule has 1 atom stereocenters. The largest absolute Gasteiger partial charge is 0.512 e. The molecule has 0 rings (SSSR count). The second-order valence-corrected chi connectivity index (χ2v) is 2.16. The molecular formula is C7H14O2. The lowest BCUT2D eigenvalue weighted by Gasteiger charge is -2.05. The van der Waals surface area contributed by atoms with Gasteiger partial charge in [-0.25, -0.2) is 0 Å². The lowest BCUT2D eigenvalue weighted by Crippen LogP contribution is -2.03. The summed E-state index contributed by atoms with van der Waals surface area (Å²) in [7, 11) is 0. The third-order valence-electron chi connectivity index (χ3n) is 1.42. The summed E-state index contributed by atoms with van der Waals surface area (Å²) in [6.07, 6.45) is 0.0708. The van der Waals surface area contributed by atoms with Gasteiger partial charge in [-0.05, 0) is 19.4 Å². The maximum Gasteiger partial charge on any atom is 0.0934 e. The number of hydrogen-bond acceptors (Lipinski definition) is 2. The Morgan fingerprint density at radius 3 is 2.11 bits per heavy atom. The standard InChI is InChI=1S/C7H14O2/c1-4-7(9)5(2)6(3)8/h6,8-9H,4H2,1-3H3/b7-5+/t6-/m0/s1. The van der Waals surface area contributed by atoms with Gasteiger partial charge in [-0.1, -0.05) is 6.92 Å². The smallest absolute Gasteiger partial charge is 0.0934 e. The van der Waals surface area contributed by atoms with Crippen LogP contribution in [0.5, 0.6) is 0 Å². The highest BCUT2D eigenvalue weighted by atomic mass is 16.3. The van der Waals surface area contributed by atoms with Crippen molar-refractivity contribution in [3.05, 3.63) is 11.3 Å². The average Bonchev–Trinajstić information content (AvgIpc) is 1.84. The summed E-state index contributed by atoms with van der Waals surface area (Å²) in [6, 6.07) is 0. The van der Waals surface area contributed by atoms with E-state index >= 15 is 0 Å². The quantitative estimate of drug-likeness (QED) is 0.557. The van der Waals surface area contributed by atoms with Gasteiger partial charge in [0.15, 0.2) is 0 Å². The van der Waals surface area contributed by atoms with Crippen LogP contribution >= 0.6 is 0 Å². The van der Waals surface area contributed by atoms with Crippen molar-refractivity contribution < 1.29 is 10.2 Å². The molecule has 0 aromatic carbocycles. The van der Waals surface area contributed by atoms with Crippen LogP contribution in [0.15, 0.2) is 11.3 Å². The molecule has 0 spiro atoms. The van der Waals surface area contributed by atoms with Crippen LogP contribution in [0, 0.1) is 0 Å². The number of hydrogen-bond donors (Lipinski definition) is 2. The topological polar surface area (TPSA) is 40.5 Å². The SMILES string of the molecule is CC/C(O)=C(/C)[C@H](C)O. The van der Waals surface area contributed by atoms with Gasteiger partial charge in [-0.15, -0.1) is 0 Å². The normalized spacial score (nSPS) is 16.9. The van der Waals surface area contributed by atoms with Crippen molar-refractivity contribution >= 4 is 0 Å². The van der Waals surface area contributed by atoms with E-state index < -0.39 is 6.10 Å². The van der Waals surface area contributed by atoms with Crippen molar-refractivity contribution in [1.82, 2.24) is 0 Å². The Labute approximate surface area is 55.8 Å². The van der Waals surface area contributed by atoms with Crippen LogP contribution in [0.4, 0.5) is 0 Å². The van der Waals surface area contributed by atoms with E-state index in [2.05, 4.69) is 0 Å². The maximum absolute atomic E-state index is 9.02. The highest BCUT2D eigenvalue weighted by Gasteiger charge is 2.02. The first-order chi connectivity index (χ1) is 4.09. The van der Waals surface area contributed by atoms with E-state index in [9.17, 15) is 0 Å². The Kier molecular flexibility index (Phi) is 3.32. The van der Waals surface area contributed by atoms with Gasteiger partial charge in [0.05, 0.1) is 11.9 Å². The minimum atomic E-state index is -0.523. The molecule has 0 heterocycles. The lowest BCUT2D eigenvalue weighted by molar-refractivity contribution is 0.221. The Hall–Kier alpha value is -0.500. The Balaban J connectivity index is 4.10. The molecule has 0 radical (unpaired) electrons. The molecule has 2 N–H and O–H groups in total. The molecule has 0 aliphatic carbocycles. The fraction of sp³-hybridized carbons (Fsp3) is 0.714. The highest BCUT2D eigenvalue weighted by Crippen LogP contribution is 2.07. The van der Waals surface area contributed by atoms with Gasteiger partial charge in [0.1, 0.15) is 0 Å². The Morgan fingerprint density at radius 1 is 1.56 bits per heavy atom. The fourth-order valence-corrected chi connectivity index (χ4v) is 0.520. The maximum atomic E-state index is 9.02. The van der Waals surface area contributed by atoms with Crippen molar-refractivity contribution in [2.24, 2.45) is 0 Å². The number of aliphatic hydroxyl groups excluding tert-OH is 2. The summed E-state index contributed by atoms with van der Waals surface area (Å²) < 4.78 is 0. The summed E-state index contributed by atoms with van der Waals surface area (Å²) in [5.74, 6) is 0.296. The molecular weight excluding hydrogens is 116 g/mol.